The van der Waals surface area contributed by atoms with Crippen LogP contribution < -0.4 is 5.32 Å². The van der Waals surface area contributed by atoms with E-state index in [2.05, 4.69) is 11.4 Å². The monoisotopic (exact) mass is 186 g/mol. The summed E-state index contributed by atoms with van der Waals surface area (Å²) in [6, 6.07) is 7.58. The molecule has 14 heavy (non-hydrogen) atoms. The molecule has 0 saturated carbocycles. The van der Waals surface area contributed by atoms with E-state index in [-0.39, 0.29) is 5.91 Å². The number of nitrogens with zero attached hydrogens (tertiary/aromatic N) is 1. The van der Waals surface area contributed by atoms with Crippen LogP contribution in [-0.2, 0) is 11.2 Å². The number of rotatable bonds is 0. The second kappa shape index (κ2) is 3.51. The first-order chi connectivity index (χ1) is 6.81. The minimum Gasteiger partial charge on any atom is -0.326 e. The van der Waals surface area contributed by atoms with E-state index in [0.29, 0.717) is 12.0 Å². The van der Waals surface area contributed by atoms with E-state index in [1.165, 1.54) is 0 Å². The Morgan fingerprint density at radius 2 is 2.21 bits per heavy atom. The number of hydrogen-bond acceptors (Lipinski definition) is 2. The predicted octanol–water partition coefficient (Wildman–Crippen LogP) is 1.83. The van der Waals surface area contributed by atoms with Crippen LogP contribution in [0.1, 0.15) is 24.0 Å². The predicted molar refractivity (Wildman–Crippen MR) is 52.7 cm³/mol. The maximum absolute atomic E-state index is 11.3. The van der Waals surface area contributed by atoms with Gasteiger partial charge in [0.15, 0.2) is 0 Å². The molecule has 0 bridgehead atoms. The molecule has 1 heterocycles. The minimum atomic E-state index is 0.0406. The zero-order chi connectivity index (χ0) is 9.97. The van der Waals surface area contributed by atoms with Crippen LogP contribution >= 0.6 is 0 Å². The first-order valence-corrected chi connectivity index (χ1v) is 4.63. The van der Waals surface area contributed by atoms with Crippen LogP contribution in [0.4, 0.5) is 5.69 Å². The molecular weight excluding hydrogens is 176 g/mol. The zero-order valence-corrected chi connectivity index (χ0v) is 7.71. The van der Waals surface area contributed by atoms with Crippen molar-refractivity contribution in [2.24, 2.45) is 0 Å². The third kappa shape index (κ3) is 1.47. The van der Waals surface area contributed by atoms with Gasteiger partial charge >= 0.3 is 0 Å². The van der Waals surface area contributed by atoms with Crippen molar-refractivity contribution in [2.75, 3.05) is 5.32 Å². The summed E-state index contributed by atoms with van der Waals surface area (Å²) < 4.78 is 0. The summed E-state index contributed by atoms with van der Waals surface area (Å²) in [5.41, 5.74) is 2.44. The van der Waals surface area contributed by atoms with Gasteiger partial charge in [-0.15, -0.1) is 0 Å². The van der Waals surface area contributed by atoms with E-state index in [1.807, 2.05) is 6.07 Å². The smallest absolute Gasteiger partial charge is 0.224 e. The molecule has 1 amide bonds. The maximum atomic E-state index is 11.3. The lowest BCUT2D eigenvalue weighted by molar-refractivity contribution is -0.116. The summed E-state index contributed by atoms with van der Waals surface area (Å²) in [6.45, 7) is 0. The Kier molecular flexibility index (Phi) is 2.19. The number of nitriles is 1. The van der Waals surface area contributed by atoms with Crippen LogP contribution in [0.3, 0.4) is 0 Å². The second-order valence-electron chi connectivity index (χ2n) is 3.35. The molecule has 0 radical (unpaired) electrons. The van der Waals surface area contributed by atoms with E-state index in [4.69, 9.17) is 5.26 Å². The van der Waals surface area contributed by atoms with Gasteiger partial charge in [-0.1, -0.05) is 6.07 Å². The molecule has 3 heteroatoms. The fraction of sp³-hybridized carbons (Fsp3) is 0.273. The molecule has 1 aromatic carbocycles. The lowest BCUT2D eigenvalue weighted by Gasteiger charge is -2.06. The fourth-order valence-electron chi connectivity index (χ4n) is 1.72. The molecule has 0 aromatic heterocycles. The normalized spacial score (nSPS) is 14.9. The minimum absolute atomic E-state index is 0.0406. The first kappa shape index (κ1) is 8.76. The number of carbonyl (C=O) groups is 1. The Bertz CT molecular complexity index is 418. The van der Waals surface area contributed by atoms with Crippen LogP contribution in [0.5, 0.6) is 0 Å². The van der Waals surface area contributed by atoms with E-state index in [1.54, 1.807) is 12.1 Å². The average Bonchev–Trinajstić information content (AvgIpc) is 2.37. The summed E-state index contributed by atoms with van der Waals surface area (Å²) in [6.07, 6.45) is 2.16. The molecule has 1 aliphatic rings. The maximum Gasteiger partial charge on any atom is 0.224 e. The Balaban J connectivity index is 2.50. The molecule has 1 aromatic rings. The van der Waals surface area contributed by atoms with Gasteiger partial charge in [0.1, 0.15) is 0 Å². The number of carbonyl (C=O) groups excluding carboxylic acids is 1. The van der Waals surface area contributed by atoms with Crippen molar-refractivity contribution in [3.05, 3.63) is 29.3 Å². The molecular formula is C11H10N2O. The molecule has 1 aliphatic heterocycles. The Morgan fingerprint density at radius 3 is 3.00 bits per heavy atom. The van der Waals surface area contributed by atoms with E-state index in [0.717, 1.165) is 24.1 Å². The van der Waals surface area contributed by atoms with Crippen LogP contribution in [0.25, 0.3) is 0 Å². The number of anilines is 1. The van der Waals surface area contributed by atoms with Crippen molar-refractivity contribution in [3.8, 4) is 6.07 Å². The Hall–Kier alpha value is -1.82. The summed E-state index contributed by atoms with van der Waals surface area (Å²) in [4.78, 5) is 11.3. The summed E-state index contributed by atoms with van der Waals surface area (Å²) in [5, 5.41) is 11.7. The highest BCUT2D eigenvalue weighted by Gasteiger charge is 2.14. The lowest BCUT2D eigenvalue weighted by Crippen LogP contribution is -2.09. The van der Waals surface area contributed by atoms with Gasteiger partial charge in [0.2, 0.25) is 5.91 Å². The van der Waals surface area contributed by atoms with Gasteiger partial charge in [0.05, 0.1) is 11.6 Å². The van der Waals surface area contributed by atoms with E-state index in [9.17, 15) is 4.79 Å². The molecule has 0 atom stereocenters. The van der Waals surface area contributed by atoms with Gasteiger partial charge in [-0.3, -0.25) is 4.79 Å². The van der Waals surface area contributed by atoms with Gasteiger partial charge in [0.25, 0.3) is 0 Å². The van der Waals surface area contributed by atoms with Crippen molar-refractivity contribution in [2.45, 2.75) is 19.3 Å². The molecule has 70 valence electrons. The van der Waals surface area contributed by atoms with Crippen molar-refractivity contribution < 1.29 is 4.79 Å². The third-order valence-corrected chi connectivity index (χ3v) is 2.40. The fourth-order valence-corrected chi connectivity index (χ4v) is 1.72. The molecule has 2 rings (SSSR count). The number of fused-ring (bicyclic) bond motifs is 1. The Labute approximate surface area is 82.4 Å². The first-order valence-electron chi connectivity index (χ1n) is 4.63. The van der Waals surface area contributed by atoms with Crippen LogP contribution in [0.2, 0.25) is 0 Å². The van der Waals surface area contributed by atoms with Gasteiger partial charge in [-0.25, -0.2) is 0 Å². The highest BCUT2D eigenvalue weighted by molar-refractivity contribution is 5.92. The summed E-state index contributed by atoms with van der Waals surface area (Å²) in [5.74, 6) is 0.0406. The van der Waals surface area contributed by atoms with Gasteiger partial charge in [-0.2, -0.15) is 5.26 Å². The quantitative estimate of drug-likeness (QED) is 0.672. The van der Waals surface area contributed by atoms with E-state index < -0.39 is 0 Å². The number of benzene rings is 1. The molecule has 0 spiro atoms. The highest BCUT2D eigenvalue weighted by Crippen LogP contribution is 2.24. The molecule has 1 N–H and O–H groups in total. The second-order valence-corrected chi connectivity index (χ2v) is 3.35. The largest absolute Gasteiger partial charge is 0.326 e. The lowest BCUT2D eigenvalue weighted by atomic mass is 10.0. The number of amides is 1. The molecule has 0 unspecified atom stereocenters. The van der Waals surface area contributed by atoms with E-state index >= 15 is 0 Å². The number of hydrogen-bond donors (Lipinski definition) is 1. The van der Waals surface area contributed by atoms with Crippen LogP contribution in [0, 0.1) is 11.3 Å². The van der Waals surface area contributed by atoms with Crippen molar-refractivity contribution in [1.82, 2.24) is 0 Å². The van der Waals surface area contributed by atoms with Gasteiger partial charge < -0.3 is 5.32 Å². The van der Waals surface area contributed by atoms with Crippen molar-refractivity contribution >= 4 is 11.6 Å². The van der Waals surface area contributed by atoms with Crippen molar-refractivity contribution in [3.63, 3.8) is 0 Å². The zero-order valence-electron chi connectivity index (χ0n) is 7.71. The standard InChI is InChI=1S/C11H10N2O/c12-7-8-3-1-5-10-9(8)4-2-6-11(14)13-10/h1,3,5H,2,4,6H2,(H,13,14). The summed E-state index contributed by atoms with van der Waals surface area (Å²) in [7, 11) is 0. The van der Waals surface area contributed by atoms with Crippen LogP contribution in [-0.4, -0.2) is 5.91 Å². The highest BCUT2D eigenvalue weighted by atomic mass is 16.1. The molecule has 0 saturated heterocycles. The molecule has 0 aliphatic carbocycles. The average molecular weight is 186 g/mol. The topological polar surface area (TPSA) is 52.9 Å². The molecule has 3 nitrogen and oxygen atoms in total. The number of nitrogens with one attached hydrogen (secondary N) is 1. The van der Waals surface area contributed by atoms with Crippen LogP contribution in [0.15, 0.2) is 18.2 Å². The van der Waals surface area contributed by atoms with Crippen molar-refractivity contribution in [1.29, 1.82) is 5.26 Å². The SMILES string of the molecule is N#Cc1cccc2c1CCCC(=O)N2. The Morgan fingerprint density at radius 1 is 1.36 bits per heavy atom. The summed E-state index contributed by atoms with van der Waals surface area (Å²) >= 11 is 0. The molecule has 0 fully saturated rings. The van der Waals surface area contributed by atoms with Gasteiger partial charge in [-0.05, 0) is 30.5 Å². The van der Waals surface area contributed by atoms with Gasteiger partial charge in [0, 0.05) is 12.1 Å². The third-order valence-electron chi connectivity index (χ3n) is 2.40.